The summed E-state index contributed by atoms with van der Waals surface area (Å²) in [5.41, 5.74) is 0.430. The second kappa shape index (κ2) is 7.76. The molecule has 0 radical (unpaired) electrons. The Morgan fingerprint density at radius 1 is 1.38 bits per heavy atom. The van der Waals surface area contributed by atoms with Crippen LogP contribution in [0.15, 0.2) is 23.2 Å². The largest absolute Gasteiger partial charge is 0.302 e. The summed E-state index contributed by atoms with van der Waals surface area (Å²) in [6.07, 6.45) is 13.1. The third kappa shape index (κ3) is 3.76. The number of aromatic nitrogens is 1. The highest BCUT2D eigenvalue weighted by Gasteiger charge is 2.15. The topological polar surface area (TPSA) is 34.4 Å². The Morgan fingerprint density at radius 3 is 2.92 bits per heavy atom. The average Bonchev–Trinajstić information content (AvgIpc) is 2.93. The summed E-state index contributed by atoms with van der Waals surface area (Å²) in [5, 5.41) is 0. The van der Waals surface area contributed by atoms with Crippen LogP contribution in [0.5, 0.6) is 0 Å². The molecule has 0 aliphatic heterocycles. The lowest BCUT2D eigenvalue weighted by Crippen LogP contribution is -2.17. The van der Waals surface area contributed by atoms with E-state index in [2.05, 4.69) is 10.9 Å². The normalized spacial score (nSPS) is 16.4. The van der Waals surface area contributed by atoms with E-state index in [0.29, 0.717) is 22.7 Å². The molecule has 1 heterocycles. The fourth-order valence-corrected chi connectivity index (χ4v) is 4.44. The number of para-hydroxylation sites is 1. The van der Waals surface area contributed by atoms with Gasteiger partial charge in [-0.2, -0.15) is 4.99 Å². The molecule has 0 bridgehead atoms. The Bertz CT molecular complexity index is 837. The Labute approximate surface area is 145 Å². The Hall–Kier alpha value is -1.93. The molecule has 3 rings (SSSR count). The maximum absolute atomic E-state index is 14.1. The first kappa shape index (κ1) is 16.9. The van der Waals surface area contributed by atoms with E-state index < -0.39 is 0 Å². The molecule has 0 atom stereocenters. The first-order valence-electron chi connectivity index (χ1n) is 8.48. The fraction of sp³-hybridized carbons (Fsp3) is 0.474. The summed E-state index contributed by atoms with van der Waals surface area (Å²) < 4.78 is 16.5. The summed E-state index contributed by atoms with van der Waals surface area (Å²) in [5.74, 6) is 2.69. The van der Waals surface area contributed by atoms with E-state index in [1.165, 1.54) is 49.5 Å². The molecule has 1 fully saturated rings. The number of terminal acetylenes is 1. The van der Waals surface area contributed by atoms with Gasteiger partial charge in [-0.3, -0.25) is 4.79 Å². The van der Waals surface area contributed by atoms with E-state index in [0.717, 1.165) is 11.1 Å². The summed E-state index contributed by atoms with van der Waals surface area (Å²) in [6.45, 7) is 0.204. The van der Waals surface area contributed by atoms with Crippen molar-refractivity contribution in [3.05, 3.63) is 28.8 Å². The highest BCUT2D eigenvalue weighted by Crippen LogP contribution is 2.27. The van der Waals surface area contributed by atoms with Gasteiger partial charge in [-0.25, -0.2) is 4.39 Å². The van der Waals surface area contributed by atoms with Crippen LogP contribution in [0.1, 0.15) is 44.9 Å². The summed E-state index contributed by atoms with van der Waals surface area (Å²) >= 11 is 1.31. The summed E-state index contributed by atoms with van der Waals surface area (Å²) in [7, 11) is 0. The van der Waals surface area contributed by atoms with Crippen molar-refractivity contribution in [2.24, 2.45) is 10.9 Å². The molecule has 1 aromatic carbocycles. The second-order valence-corrected chi connectivity index (χ2v) is 7.32. The van der Waals surface area contributed by atoms with Crippen LogP contribution in [-0.4, -0.2) is 10.5 Å². The van der Waals surface area contributed by atoms with Gasteiger partial charge in [-0.1, -0.05) is 55.4 Å². The van der Waals surface area contributed by atoms with Crippen molar-refractivity contribution in [1.29, 1.82) is 0 Å². The molecule has 126 valence electrons. The van der Waals surface area contributed by atoms with Crippen LogP contribution in [0.2, 0.25) is 0 Å². The monoisotopic (exact) mass is 344 g/mol. The lowest BCUT2D eigenvalue weighted by atomic mass is 9.86. The third-order valence-corrected chi connectivity index (χ3v) is 5.66. The number of hydrogen-bond acceptors (Lipinski definition) is 2. The van der Waals surface area contributed by atoms with Gasteiger partial charge in [0.05, 0.1) is 16.8 Å². The van der Waals surface area contributed by atoms with Crippen LogP contribution >= 0.6 is 11.3 Å². The molecule has 0 saturated heterocycles. The number of carbonyl (C=O) groups is 1. The maximum Gasteiger partial charge on any atom is 0.248 e. The van der Waals surface area contributed by atoms with E-state index in [1.54, 1.807) is 10.6 Å². The molecular formula is C19H21FN2OS. The minimum atomic E-state index is -0.338. The van der Waals surface area contributed by atoms with Crippen LogP contribution < -0.4 is 4.80 Å². The molecule has 1 amide bonds. The molecule has 24 heavy (non-hydrogen) atoms. The Kier molecular flexibility index (Phi) is 5.47. The van der Waals surface area contributed by atoms with Crippen LogP contribution in [0, 0.1) is 24.1 Å². The van der Waals surface area contributed by atoms with Gasteiger partial charge in [0.1, 0.15) is 5.82 Å². The van der Waals surface area contributed by atoms with Gasteiger partial charge < -0.3 is 4.57 Å². The van der Waals surface area contributed by atoms with Crippen LogP contribution in [0.25, 0.3) is 10.2 Å². The molecule has 1 saturated carbocycles. The van der Waals surface area contributed by atoms with Crippen molar-refractivity contribution in [2.75, 3.05) is 0 Å². The molecule has 0 spiro atoms. The van der Waals surface area contributed by atoms with Gasteiger partial charge in [0, 0.05) is 6.42 Å². The van der Waals surface area contributed by atoms with Crippen LogP contribution in [0.4, 0.5) is 4.39 Å². The van der Waals surface area contributed by atoms with Gasteiger partial charge in [-0.15, -0.1) is 6.42 Å². The second-order valence-electron chi connectivity index (χ2n) is 6.31. The number of amides is 1. The van der Waals surface area contributed by atoms with Crippen molar-refractivity contribution in [2.45, 2.75) is 51.5 Å². The molecule has 1 aromatic heterocycles. The molecular weight excluding hydrogens is 323 g/mol. The third-order valence-electron chi connectivity index (χ3n) is 4.61. The first-order valence-corrected chi connectivity index (χ1v) is 9.29. The number of benzene rings is 1. The Balaban J connectivity index is 1.83. The number of nitrogens with zero attached hydrogens (tertiary/aromatic N) is 2. The fourth-order valence-electron chi connectivity index (χ4n) is 3.38. The lowest BCUT2D eigenvalue weighted by molar-refractivity contribution is -0.118. The smallest absolute Gasteiger partial charge is 0.248 e. The van der Waals surface area contributed by atoms with E-state index in [4.69, 9.17) is 6.42 Å². The SMILES string of the molecule is C#CCn1c(=NC(=O)CCC2CCCCC2)sc2cccc(F)c21. The van der Waals surface area contributed by atoms with Crippen molar-refractivity contribution in [3.63, 3.8) is 0 Å². The first-order chi connectivity index (χ1) is 11.7. The number of thiazole rings is 1. The minimum absolute atomic E-state index is 0.140. The molecule has 2 aromatic rings. The van der Waals surface area contributed by atoms with Crippen molar-refractivity contribution in [1.82, 2.24) is 4.57 Å². The highest BCUT2D eigenvalue weighted by molar-refractivity contribution is 7.16. The van der Waals surface area contributed by atoms with Crippen LogP contribution in [0.3, 0.4) is 0 Å². The molecule has 5 heteroatoms. The van der Waals surface area contributed by atoms with Gasteiger partial charge >= 0.3 is 0 Å². The highest BCUT2D eigenvalue weighted by atomic mass is 32.1. The minimum Gasteiger partial charge on any atom is -0.302 e. The van der Waals surface area contributed by atoms with Crippen molar-refractivity contribution in [3.8, 4) is 12.3 Å². The number of rotatable bonds is 4. The predicted molar refractivity (Wildman–Crippen MR) is 95.0 cm³/mol. The average molecular weight is 344 g/mol. The zero-order valence-corrected chi connectivity index (χ0v) is 14.4. The molecule has 0 N–H and O–H groups in total. The standard InChI is InChI=1S/C19H21FN2OS/c1-2-13-22-18-15(20)9-6-10-16(18)24-19(22)21-17(23)12-11-14-7-4-3-5-8-14/h1,6,9-10,14H,3-5,7-8,11-13H2. The van der Waals surface area contributed by atoms with Crippen LogP contribution in [-0.2, 0) is 11.3 Å². The quantitative estimate of drug-likeness (QED) is 0.763. The van der Waals surface area contributed by atoms with Crippen molar-refractivity contribution >= 4 is 27.5 Å². The molecule has 1 aliphatic rings. The molecule has 3 nitrogen and oxygen atoms in total. The summed E-state index contributed by atoms with van der Waals surface area (Å²) in [6, 6.07) is 4.88. The predicted octanol–water partition coefficient (Wildman–Crippen LogP) is 4.26. The van der Waals surface area contributed by atoms with E-state index in [9.17, 15) is 9.18 Å². The number of hydrogen-bond donors (Lipinski definition) is 0. The summed E-state index contributed by atoms with van der Waals surface area (Å²) in [4.78, 5) is 17.0. The van der Waals surface area contributed by atoms with Gasteiger partial charge in [-0.05, 0) is 24.5 Å². The zero-order chi connectivity index (χ0) is 16.9. The van der Waals surface area contributed by atoms with Crippen molar-refractivity contribution < 1.29 is 9.18 Å². The number of carbonyl (C=O) groups excluding carboxylic acids is 1. The number of fused-ring (bicyclic) bond motifs is 1. The van der Waals surface area contributed by atoms with Gasteiger partial charge in [0.2, 0.25) is 5.91 Å². The van der Waals surface area contributed by atoms with E-state index in [1.807, 2.05) is 6.07 Å². The van der Waals surface area contributed by atoms with Gasteiger partial charge in [0.25, 0.3) is 0 Å². The zero-order valence-electron chi connectivity index (χ0n) is 13.6. The number of halogens is 1. The molecule has 1 aliphatic carbocycles. The van der Waals surface area contributed by atoms with Gasteiger partial charge in [0.15, 0.2) is 4.80 Å². The maximum atomic E-state index is 14.1. The molecule has 0 unspecified atom stereocenters. The Morgan fingerprint density at radius 2 is 2.17 bits per heavy atom. The van der Waals surface area contributed by atoms with E-state index in [-0.39, 0.29) is 18.3 Å². The van der Waals surface area contributed by atoms with E-state index >= 15 is 0 Å². The lowest BCUT2D eigenvalue weighted by Gasteiger charge is -2.20.